The molecule has 19 heavy (non-hydrogen) atoms. The molecule has 0 fully saturated rings. The Kier molecular flexibility index (Phi) is 3.46. The monoisotopic (exact) mass is 279 g/mol. The van der Waals surface area contributed by atoms with Crippen LogP contribution in [0.1, 0.15) is 12.7 Å². The summed E-state index contributed by atoms with van der Waals surface area (Å²) in [6, 6.07) is 0. The molecule has 0 spiro atoms. The Hall–Kier alpha value is -2.05. The zero-order chi connectivity index (χ0) is 14.2. The maximum atomic E-state index is 12.2. The van der Waals surface area contributed by atoms with Crippen LogP contribution in [0.3, 0.4) is 0 Å². The van der Waals surface area contributed by atoms with E-state index in [4.69, 9.17) is 0 Å². The van der Waals surface area contributed by atoms with Gasteiger partial charge in [0.05, 0.1) is 5.16 Å². The molecule has 0 unspecified atom stereocenters. The van der Waals surface area contributed by atoms with E-state index in [0.717, 1.165) is 4.57 Å². The summed E-state index contributed by atoms with van der Waals surface area (Å²) in [5.74, 6) is 0.591. The summed E-state index contributed by atoms with van der Waals surface area (Å²) < 4.78 is 4.17. The normalized spacial score (nSPS) is 10.7. The van der Waals surface area contributed by atoms with Crippen LogP contribution in [0.5, 0.6) is 0 Å². The van der Waals surface area contributed by atoms with Gasteiger partial charge in [-0.1, -0.05) is 0 Å². The van der Waals surface area contributed by atoms with Gasteiger partial charge in [-0.25, -0.2) is 14.8 Å². The fourth-order valence-corrected chi connectivity index (χ4v) is 2.12. The summed E-state index contributed by atoms with van der Waals surface area (Å²) in [6.45, 7) is 2.70. The van der Waals surface area contributed by atoms with Gasteiger partial charge >= 0.3 is 5.69 Å². The SMILES string of the molecule is CCn1c(CN=C=S)nc2c1c(=O)n(C)c(=O)n2C. The Bertz CT molecular complexity index is 807. The maximum Gasteiger partial charge on any atom is 0.332 e. The fraction of sp³-hybridized carbons (Fsp3) is 0.455. The van der Waals surface area contributed by atoms with E-state index in [-0.39, 0.29) is 12.1 Å². The molecule has 0 radical (unpaired) electrons. The second kappa shape index (κ2) is 4.91. The summed E-state index contributed by atoms with van der Waals surface area (Å²) in [6.07, 6.45) is 0. The van der Waals surface area contributed by atoms with Crippen molar-refractivity contribution in [2.75, 3.05) is 0 Å². The predicted octanol–water partition coefficient (Wildman–Crippen LogP) is 0.0564. The van der Waals surface area contributed by atoms with Crippen molar-refractivity contribution < 1.29 is 0 Å². The topological polar surface area (TPSA) is 74.2 Å². The van der Waals surface area contributed by atoms with Crippen molar-refractivity contribution in [3.8, 4) is 0 Å². The van der Waals surface area contributed by atoms with Crippen LogP contribution in [0, 0.1) is 0 Å². The first kappa shape index (κ1) is 13.4. The molecule has 0 atom stereocenters. The number of hydrogen-bond acceptors (Lipinski definition) is 5. The van der Waals surface area contributed by atoms with Crippen molar-refractivity contribution >= 4 is 28.5 Å². The Morgan fingerprint density at radius 1 is 1.32 bits per heavy atom. The van der Waals surface area contributed by atoms with Gasteiger partial charge in [-0.05, 0) is 19.1 Å². The quantitative estimate of drug-likeness (QED) is 0.588. The van der Waals surface area contributed by atoms with Gasteiger partial charge in [0.25, 0.3) is 5.56 Å². The molecule has 0 saturated heterocycles. The Morgan fingerprint density at radius 3 is 2.58 bits per heavy atom. The molecular formula is C11H13N5O2S. The largest absolute Gasteiger partial charge is 0.332 e. The first-order valence-corrected chi connectivity index (χ1v) is 6.12. The van der Waals surface area contributed by atoms with E-state index in [1.54, 1.807) is 11.6 Å². The zero-order valence-corrected chi connectivity index (χ0v) is 11.7. The number of aryl methyl sites for hydroxylation is 2. The van der Waals surface area contributed by atoms with Crippen LogP contribution >= 0.6 is 12.2 Å². The Labute approximate surface area is 113 Å². The van der Waals surface area contributed by atoms with Crippen LogP contribution in [0.15, 0.2) is 14.6 Å². The molecule has 0 aliphatic heterocycles. The van der Waals surface area contributed by atoms with E-state index in [1.807, 2.05) is 6.92 Å². The second-order valence-corrected chi connectivity index (χ2v) is 4.24. The van der Waals surface area contributed by atoms with Gasteiger partial charge < -0.3 is 4.57 Å². The molecule has 100 valence electrons. The number of aromatic nitrogens is 4. The molecule has 2 aromatic rings. The van der Waals surface area contributed by atoms with Gasteiger partial charge in [-0.15, -0.1) is 0 Å². The number of thiocarbonyl (C=S) groups is 1. The molecule has 0 aliphatic rings. The van der Waals surface area contributed by atoms with E-state index in [1.165, 1.54) is 11.6 Å². The van der Waals surface area contributed by atoms with Gasteiger partial charge in [0.15, 0.2) is 11.2 Å². The molecule has 8 heteroatoms. The molecular weight excluding hydrogens is 266 g/mol. The summed E-state index contributed by atoms with van der Waals surface area (Å²) in [5.41, 5.74) is 0.0133. The molecule has 0 N–H and O–H groups in total. The number of imidazole rings is 1. The molecule has 0 bridgehead atoms. The molecule has 2 rings (SSSR count). The molecule has 2 aromatic heterocycles. The van der Waals surface area contributed by atoms with E-state index in [2.05, 4.69) is 27.4 Å². The van der Waals surface area contributed by atoms with Crippen molar-refractivity contribution in [3.05, 3.63) is 26.7 Å². The first-order chi connectivity index (χ1) is 9.02. The summed E-state index contributed by atoms with van der Waals surface area (Å²) in [5, 5.41) is 2.27. The minimum atomic E-state index is -0.400. The lowest BCUT2D eigenvalue weighted by Gasteiger charge is -2.05. The van der Waals surface area contributed by atoms with Crippen LogP contribution < -0.4 is 11.2 Å². The average molecular weight is 279 g/mol. The van der Waals surface area contributed by atoms with Crippen molar-refractivity contribution in [3.63, 3.8) is 0 Å². The molecule has 7 nitrogen and oxygen atoms in total. The third-order valence-electron chi connectivity index (χ3n) is 3.03. The number of hydrogen-bond donors (Lipinski definition) is 0. The summed E-state index contributed by atoms with van der Waals surface area (Å²) in [7, 11) is 3.04. The lowest BCUT2D eigenvalue weighted by molar-refractivity contribution is 0.692. The van der Waals surface area contributed by atoms with Gasteiger partial charge in [0, 0.05) is 20.6 Å². The predicted molar refractivity (Wildman–Crippen MR) is 74.6 cm³/mol. The zero-order valence-electron chi connectivity index (χ0n) is 10.9. The van der Waals surface area contributed by atoms with Crippen molar-refractivity contribution in [2.45, 2.75) is 20.0 Å². The first-order valence-electron chi connectivity index (χ1n) is 5.71. The number of nitrogens with zero attached hydrogens (tertiary/aromatic N) is 5. The Morgan fingerprint density at radius 2 is 2.00 bits per heavy atom. The average Bonchev–Trinajstić information content (AvgIpc) is 2.79. The highest BCUT2D eigenvalue weighted by Gasteiger charge is 2.17. The summed E-state index contributed by atoms with van der Waals surface area (Å²) >= 11 is 4.53. The van der Waals surface area contributed by atoms with E-state index in [0.29, 0.717) is 23.5 Å². The van der Waals surface area contributed by atoms with Gasteiger partial charge in [0.1, 0.15) is 12.4 Å². The molecule has 2 heterocycles. The third kappa shape index (κ3) is 1.94. The second-order valence-electron chi connectivity index (χ2n) is 4.06. The molecule has 0 aromatic carbocycles. The van der Waals surface area contributed by atoms with Crippen LogP contribution in [0.4, 0.5) is 0 Å². The third-order valence-corrected chi connectivity index (χ3v) is 3.16. The van der Waals surface area contributed by atoms with Crippen molar-refractivity contribution in [1.29, 1.82) is 0 Å². The van der Waals surface area contributed by atoms with Gasteiger partial charge in [-0.2, -0.15) is 0 Å². The van der Waals surface area contributed by atoms with Crippen LogP contribution in [-0.2, 0) is 27.2 Å². The van der Waals surface area contributed by atoms with Gasteiger partial charge in [0.2, 0.25) is 0 Å². The lowest BCUT2D eigenvalue weighted by atomic mass is 10.5. The molecule has 0 saturated carbocycles. The van der Waals surface area contributed by atoms with Gasteiger partial charge in [-0.3, -0.25) is 13.9 Å². The smallest absolute Gasteiger partial charge is 0.321 e. The van der Waals surface area contributed by atoms with Crippen LogP contribution in [0.2, 0.25) is 0 Å². The van der Waals surface area contributed by atoms with E-state index in [9.17, 15) is 9.59 Å². The molecule has 0 amide bonds. The van der Waals surface area contributed by atoms with Crippen LogP contribution in [0.25, 0.3) is 11.2 Å². The van der Waals surface area contributed by atoms with Crippen molar-refractivity contribution in [1.82, 2.24) is 18.7 Å². The highest BCUT2D eigenvalue weighted by Crippen LogP contribution is 2.11. The highest BCUT2D eigenvalue weighted by atomic mass is 32.1. The Balaban J connectivity index is 2.95. The number of rotatable bonds is 3. The standard InChI is InChI=1S/C11H13N5O2S/c1-4-16-7(5-12-6-19)13-9-8(16)10(17)15(3)11(18)14(9)2/h4-5H2,1-3H3. The minimum Gasteiger partial charge on any atom is -0.321 e. The fourth-order valence-electron chi connectivity index (χ4n) is 2.06. The van der Waals surface area contributed by atoms with Crippen LogP contribution in [-0.4, -0.2) is 23.8 Å². The lowest BCUT2D eigenvalue weighted by Crippen LogP contribution is -2.37. The minimum absolute atomic E-state index is 0.239. The van der Waals surface area contributed by atoms with Crippen molar-refractivity contribution in [2.24, 2.45) is 19.1 Å². The van der Waals surface area contributed by atoms with E-state index >= 15 is 0 Å². The highest BCUT2D eigenvalue weighted by molar-refractivity contribution is 7.78. The number of aliphatic imine (C=N–C) groups is 1. The summed E-state index contributed by atoms with van der Waals surface area (Å²) in [4.78, 5) is 32.2. The van der Waals surface area contributed by atoms with E-state index < -0.39 is 5.69 Å². The molecule has 0 aliphatic carbocycles. The number of fused-ring (bicyclic) bond motifs is 1. The number of isothiocyanates is 1. The maximum absolute atomic E-state index is 12.2.